The van der Waals surface area contributed by atoms with E-state index < -0.39 is 0 Å². The quantitative estimate of drug-likeness (QED) is 0.631. The van der Waals surface area contributed by atoms with Crippen LogP contribution in [0.1, 0.15) is 5.56 Å². The van der Waals surface area contributed by atoms with Gasteiger partial charge in [-0.25, -0.2) is 0 Å². The summed E-state index contributed by atoms with van der Waals surface area (Å²) in [4.78, 5) is 14.0. The second kappa shape index (κ2) is 2.13. The van der Waals surface area contributed by atoms with E-state index in [1.165, 1.54) is 0 Å². The Bertz CT molecular complexity index is 542. The second-order valence-electron chi connectivity index (χ2n) is 3.24. The fraction of sp³-hybridized carbons (Fsp3) is 0.100. The molecule has 3 rings (SSSR count). The lowest BCUT2D eigenvalue weighted by Gasteiger charge is -1.98. The molecule has 0 aliphatic carbocycles. The van der Waals surface area contributed by atoms with Crippen LogP contribution >= 0.6 is 0 Å². The number of aromatic nitrogens is 1. The highest BCUT2D eigenvalue weighted by Gasteiger charge is 2.13. The van der Waals surface area contributed by atoms with Gasteiger partial charge in [0.25, 0.3) is 0 Å². The molecule has 2 aromatic rings. The van der Waals surface area contributed by atoms with Crippen molar-refractivity contribution >= 4 is 16.6 Å². The standard InChI is InChI=1S/C10H8N2O/c13-9-4-6-5-11-7-2-1-3-8(12-9)10(6)7/h1-4,11H,5H2,(H,12,13). The highest BCUT2D eigenvalue weighted by molar-refractivity contribution is 5.96. The zero-order valence-corrected chi connectivity index (χ0v) is 6.92. The Labute approximate surface area is 74.4 Å². The summed E-state index contributed by atoms with van der Waals surface area (Å²) in [7, 11) is 0. The van der Waals surface area contributed by atoms with Crippen LogP contribution in [-0.4, -0.2) is 4.98 Å². The number of pyridine rings is 1. The molecule has 1 aliphatic rings. The first kappa shape index (κ1) is 6.71. The van der Waals surface area contributed by atoms with E-state index in [1.54, 1.807) is 6.07 Å². The third-order valence-corrected chi connectivity index (χ3v) is 2.42. The molecule has 0 radical (unpaired) electrons. The van der Waals surface area contributed by atoms with Gasteiger partial charge in [-0.1, -0.05) is 6.07 Å². The number of H-pyrrole nitrogens is 1. The van der Waals surface area contributed by atoms with Gasteiger partial charge in [-0.2, -0.15) is 0 Å². The first-order valence-corrected chi connectivity index (χ1v) is 4.23. The predicted molar refractivity (Wildman–Crippen MR) is 51.9 cm³/mol. The molecule has 0 spiro atoms. The van der Waals surface area contributed by atoms with Crippen LogP contribution in [0.4, 0.5) is 5.69 Å². The van der Waals surface area contributed by atoms with Gasteiger partial charge in [0.1, 0.15) is 0 Å². The number of rotatable bonds is 0. The first-order chi connectivity index (χ1) is 6.34. The predicted octanol–water partition coefficient (Wildman–Crippen LogP) is 1.45. The smallest absolute Gasteiger partial charge is 0.248 e. The summed E-state index contributed by atoms with van der Waals surface area (Å²) in [5.41, 5.74) is 3.10. The molecule has 2 heterocycles. The summed E-state index contributed by atoms with van der Waals surface area (Å²) in [6, 6.07) is 7.55. The summed E-state index contributed by atoms with van der Waals surface area (Å²) < 4.78 is 0. The summed E-state index contributed by atoms with van der Waals surface area (Å²) in [5.74, 6) is 0. The van der Waals surface area contributed by atoms with Crippen LogP contribution in [0.3, 0.4) is 0 Å². The summed E-state index contributed by atoms with van der Waals surface area (Å²) in [5, 5.41) is 4.40. The molecule has 3 nitrogen and oxygen atoms in total. The Hall–Kier alpha value is -1.77. The molecule has 64 valence electrons. The Kier molecular flexibility index (Phi) is 1.10. The van der Waals surface area contributed by atoms with E-state index in [9.17, 15) is 4.79 Å². The molecule has 1 aromatic heterocycles. The monoisotopic (exact) mass is 172 g/mol. The minimum absolute atomic E-state index is 0.0247. The number of anilines is 1. The lowest BCUT2D eigenvalue weighted by atomic mass is 10.1. The van der Waals surface area contributed by atoms with E-state index in [0.29, 0.717) is 0 Å². The Morgan fingerprint density at radius 3 is 3.15 bits per heavy atom. The van der Waals surface area contributed by atoms with E-state index in [0.717, 1.165) is 28.7 Å². The van der Waals surface area contributed by atoms with Crippen molar-refractivity contribution in [2.45, 2.75) is 6.54 Å². The number of aromatic amines is 1. The molecule has 13 heavy (non-hydrogen) atoms. The van der Waals surface area contributed by atoms with Crippen LogP contribution in [0.5, 0.6) is 0 Å². The SMILES string of the molecule is O=c1cc2c3c(cccc3[nH]1)NC2. The van der Waals surface area contributed by atoms with Gasteiger partial charge in [0.15, 0.2) is 0 Å². The van der Waals surface area contributed by atoms with E-state index in [2.05, 4.69) is 10.3 Å². The van der Waals surface area contributed by atoms with Gasteiger partial charge in [0.05, 0.1) is 5.52 Å². The number of nitrogens with one attached hydrogen (secondary N) is 2. The van der Waals surface area contributed by atoms with Crippen LogP contribution in [0.15, 0.2) is 29.1 Å². The molecule has 0 atom stereocenters. The molecule has 0 amide bonds. The molecule has 0 fully saturated rings. The molecule has 1 aliphatic heterocycles. The molecule has 2 N–H and O–H groups in total. The van der Waals surface area contributed by atoms with E-state index >= 15 is 0 Å². The molecular formula is C10H8N2O. The fourth-order valence-electron chi connectivity index (χ4n) is 1.88. The summed E-state index contributed by atoms with van der Waals surface area (Å²) in [6.45, 7) is 0.764. The largest absolute Gasteiger partial charge is 0.380 e. The summed E-state index contributed by atoms with van der Waals surface area (Å²) >= 11 is 0. The van der Waals surface area contributed by atoms with Crippen LogP contribution in [-0.2, 0) is 6.54 Å². The van der Waals surface area contributed by atoms with Crippen molar-refractivity contribution in [2.24, 2.45) is 0 Å². The van der Waals surface area contributed by atoms with Crippen LogP contribution < -0.4 is 10.9 Å². The average Bonchev–Trinajstić information content (AvgIpc) is 2.50. The van der Waals surface area contributed by atoms with Gasteiger partial charge in [-0.05, 0) is 17.7 Å². The minimum Gasteiger partial charge on any atom is -0.380 e. The molecular weight excluding hydrogens is 164 g/mol. The number of hydrogen-bond donors (Lipinski definition) is 2. The van der Waals surface area contributed by atoms with Crippen molar-refractivity contribution in [3.8, 4) is 0 Å². The topological polar surface area (TPSA) is 44.9 Å². The molecule has 1 aromatic carbocycles. The number of benzene rings is 1. The zero-order chi connectivity index (χ0) is 8.84. The Balaban J connectivity index is 2.61. The molecule has 0 saturated carbocycles. The van der Waals surface area contributed by atoms with Crippen molar-refractivity contribution < 1.29 is 0 Å². The average molecular weight is 172 g/mol. The molecule has 3 heteroatoms. The highest BCUT2D eigenvalue weighted by atomic mass is 16.1. The van der Waals surface area contributed by atoms with Gasteiger partial charge >= 0.3 is 0 Å². The van der Waals surface area contributed by atoms with Crippen molar-refractivity contribution in [3.63, 3.8) is 0 Å². The minimum atomic E-state index is -0.0247. The van der Waals surface area contributed by atoms with Crippen molar-refractivity contribution in [3.05, 3.63) is 40.2 Å². The van der Waals surface area contributed by atoms with Gasteiger partial charge in [-0.15, -0.1) is 0 Å². The Morgan fingerprint density at radius 1 is 1.31 bits per heavy atom. The third-order valence-electron chi connectivity index (χ3n) is 2.42. The van der Waals surface area contributed by atoms with E-state index in [4.69, 9.17) is 0 Å². The van der Waals surface area contributed by atoms with Crippen LogP contribution in [0, 0.1) is 0 Å². The van der Waals surface area contributed by atoms with Gasteiger partial charge in [0, 0.05) is 23.7 Å². The summed E-state index contributed by atoms with van der Waals surface area (Å²) in [6.07, 6.45) is 0. The van der Waals surface area contributed by atoms with Crippen LogP contribution in [0.2, 0.25) is 0 Å². The molecule has 0 bridgehead atoms. The number of hydrogen-bond acceptors (Lipinski definition) is 2. The first-order valence-electron chi connectivity index (χ1n) is 4.23. The van der Waals surface area contributed by atoms with Crippen molar-refractivity contribution in [1.82, 2.24) is 4.98 Å². The lowest BCUT2D eigenvalue weighted by molar-refractivity contribution is 1.19. The maximum atomic E-state index is 11.2. The molecule has 0 unspecified atom stereocenters. The van der Waals surface area contributed by atoms with E-state index in [-0.39, 0.29) is 5.56 Å². The van der Waals surface area contributed by atoms with Gasteiger partial charge < -0.3 is 10.3 Å². The highest BCUT2D eigenvalue weighted by Crippen LogP contribution is 2.30. The normalized spacial score (nSPS) is 13.2. The fourth-order valence-corrected chi connectivity index (χ4v) is 1.88. The van der Waals surface area contributed by atoms with Crippen molar-refractivity contribution in [1.29, 1.82) is 0 Å². The lowest BCUT2D eigenvalue weighted by Crippen LogP contribution is -2.04. The van der Waals surface area contributed by atoms with E-state index in [1.807, 2.05) is 18.2 Å². The Morgan fingerprint density at radius 2 is 2.23 bits per heavy atom. The van der Waals surface area contributed by atoms with Gasteiger partial charge in [0.2, 0.25) is 5.56 Å². The zero-order valence-electron chi connectivity index (χ0n) is 6.92. The molecule has 0 saturated heterocycles. The maximum Gasteiger partial charge on any atom is 0.248 e. The third kappa shape index (κ3) is 0.811. The van der Waals surface area contributed by atoms with Crippen LogP contribution in [0.25, 0.3) is 10.9 Å². The second-order valence-corrected chi connectivity index (χ2v) is 3.24. The van der Waals surface area contributed by atoms with Crippen molar-refractivity contribution in [2.75, 3.05) is 5.32 Å². The van der Waals surface area contributed by atoms with Gasteiger partial charge in [-0.3, -0.25) is 4.79 Å². The maximum absolute atomic E-state index is 11.2.